The first-order chi connectivity index (χ1) is 3.29. The van der Waals surface area contributed by atoms with Gasteiger partial charge >= 0.3 is 0 Å². The van der Waals surface area contributed by atoms with E-state index in [0.717, 1.165) is 11.4 Å². The van der Waals surface area contributed by atoms with Crippen molar-refractivity contribution in [3.63, 3.8) is 0 Å². The fraction of sp³-hybridized carbons (Fsp3) is 0.200. The molecular formula is C5H6N2Y2-2. The van der Waals surface area contributed by atoms with Crippen molar-refractivity contribution in [1.82, 2.24) is 10.2 Å². The van der Waals surface area contributed by atoms with Crippen molar-refractivity contribution in [2.75, 3.05) is 0 Å². The van der Waals surface area contributed by atoms with Gasteiger partial charge in [-0.1, -0.05) is 6.92 Å². The van der Waals surface area contributed by atoms with Gasteiger partial charge in [-0.3, -0.25) is 5.69 Å². The third-order valence-corrected chi connectivity index (χ3v) is 0.690. The summed E-state index contributed by atoms with van der Waals surface area (Å²) in [6.07, 6.45) is 0. The van der Waals surface area contributed by atoms with Crippen LogP contribution in [0.25, 0.3) is 0 Å². The van der Waals surface area contributed by atoms with Gasteiger partial charge in [0.05, 0.1) is 0 Å². The fourth-order valence-corrected chi connectivity index (χ4v) is 0.426. The Morgan fingerprint density at radius 3 is 2.22 bits per heavy atom. The van der Waals surface area contributed by atoms with Crippen LogP contribution in [0.1, 0.15) is 11.4 Å². The molecule has 0 amide bonds. The zero-order valence-electron chi connectivity index (χ0n) is 5.31. The van der Waals surface area contributed by atoms with Gasteiger partial charge in [0, 0.05) is 65.4 Å². The van der Waals surface area contributed by atoms with E-state index in [9.17, 15) is 0 Å². The molecule has 1 N–H and O–H groups in total. The van der Waals surface area contributed by atoms with Crippen LogP contribution in [-0.4, -0.2) is 10.2 Å². The van der Waals surface area contributed by atoms with Gasteiger partial charge in [0.25, 0.3) is 0 Å². The molecule has 0 aromatic carbocycles. The number of rotatable bonds is 0. The first-order valence-corrected chi connectivity index (χ1v) is 2.05. The van der Waals surface area contributed by atoms with Crippen molar-refractivity contribution in [2.24, 2.45) is 0 Å². The number of nitrogens with one attached hydrogen (secondary N) is 1. The molecular weight excluding hydrogens is 266 g/mol. The summed E-state index contributed by atoms with van der Waals surface area (Å²) >= 11 is 0. The summed E-state index contributed by atoms with van der Waals surface area (Å²) in [5, 5.41) is 6.42. The normalized spacial score (nSPS) is 7.22. The van der Waals surface area contributed by atoms with Crippen LogP contribution in [-0.2, 0) is 65.4 Å². The quantitative estimate of drug-likeness (QED) is 0.692. The summed E-state index contributed by atoms with van der Waals surface area (Å²) in [6.45, 7) is 5.43. The van der Waals surface area contributed by atoms with E-state index in [1.54, 1.807) is 0 Å². The smallest absolute Gasteiger partial charge is 0 e. The van der Waals surface area contributed by atoms with E-state index in [1.165, 1.54) is 0 Å². The number of H-pyrrole nitrogens is 1. The molecule has 1 aromatic rings. The Labute approximate surface area is 105 Å². The molecule has 1 rings (SSSR count). The Bertz CT molecular complexity index is 145. The van der Waals surface area contributed by atoms with E-state index in [1.807, 2.05) is 6.92 Å². The first-order valence-electron chi connectivity index (χ1n) is 2.05. The Morgan fingerprint density at radius 2 is 2.11 bits per heavy atom. The maximum absolute atomic E-state index is 3.77. The van der Waals surface area contributed by atoms with Crippen LogP contribution in [0.3, 0.4) is 0 Å². The van der Waals surface area contributed by atoms with Crippen LogP contribution in [0, 0.1) is 19.9 Å². The average Bonchev–Trinajstić information content (AvgIpc) is 1.87. The van der Waals surface area contributed by atoms with Gasteiger partial charge in [0.2, 0.25) is 0 Å². The minimum Gasteiger partial charge on any atom is -0.458 e. The van der Waals surface area contributed by atoms with E-state index in [-0.39, 0.29) is 65.4 Å². The molecule has 1 heterocycles. The van der Waals surface area contributed by atoms with Gasteiger partial charge in [0.15, 0.2) is 0 Å². The SMILES string of the molecule is [CH2-]c1[c-]c(C)n[nH]1.[Y].[Y]. The van der Waals surface area contributed by atoms with Gasteiger partial charge in [-0.25, -0.2) is 5.10 Å². The molecule has 0 spiro atoms. The van der Waals surface area contributed by atoms with Crippen molar-refractivity contribution in [3.8, 4) is 0 Å². The topological polar surface area (TPSA) is 28.7 Å². The molecule has 0 bridgehead atoms. The minimum atomic E-state index is 0. The average molecular weight is 272 g/mol. The monoisotopic (exact) mass is 272 g/mol. The first kappa shape index (κ1) is 12.9. The summed E-state index contributed by atoms with van der Waals surface area (Å²) in [7, 11) is 0. The number of nitrogens with zero attached hydrogens (tertiary/aromatic N) is 1. The minimum absolute atomic E-state index is 0. The largest absolute Gasteiger partial charge is 0.458 e. The van der Waals surface area contributed by atoms with Crippen LogP contribution < -0.4 is 0 Å². The Hall–Kier alpha value is 1.29. The van der Waals surface area contributed by atoms with Crippen LogP contribution in [0.4, 0.5) is 0 Å². The number of hydrogen-bond donors (Lipinski definition) is 1. The standard InChI is InChI=1S/C5H6N2.2Y/c1-4-3-5(2)7-6-4;;/h1H2,2H3,(H,6,7);;/q-2;;. The van der Waals surface area contributed by atoms with Crippen molar-refractivity contribution in [2.45, 2.75) is 6.92 Å². The van der Waals surface area contributed by atoms with Gasteiger partial charge < -0.3 is 18.1 Å². The van der Waals surface area contributed by atoms with Crippen LogP contribution >= 0.6 is 0 Å². The molecule has 2 radical (unpaired) electrons. The number of aromatic amines is 1. The third-order valence-electron chi connectivity index (χ3n) is 0.690. The zero-order chi connectivity index (χ0) is 5.28. The summed E-state index contributed by atoms with van der Waals surface area (Å²) < 4.78 is 0. The third kappa shape index (κ3) is 4.66. The summed E-state index contributed by atoms with van der Waals surface area (Å²) in [5.41, 5.74) is 1.61. The molecule has 0 atom stereocenters. The molecule has 0 aliphatic carbocycles. The molecule has 0 saturated heterocycles. The van der Waals surface area contributed by atoms with Gasteiger partial charge in [-0.05, 0) is 0 Å². The molecule has 0 aliphatic rings. The van der Waals surface area contributed by atoms with E-state index in [2.05, 4.69) is 23.2 Å². The number of hydrogen-bond acceptors (Lipinski definition) is 1. The second kappa shape index (κ2) is 6.03. The fourth-order valence-electron chi connectivity index (χ4n) is 0.426. The molecule has 0 aliphatic heterocycles. The van der Waals surface area contributed by atoms with Crippen LogP contribution in [0.15, 0.2) is 0 Å². The van der Waals surface area contributed by atoms with Crippen molar-refractivity contribution in [1.29, 1.82) is 0 Å². The summed E-state index contributed by atoms with van der Waals surface area (Å²) in [4.78, 5) is 0. The second-order valence-corrected chi connectivity index (χ2v) is 1.41. The van der Waals surface area contributed by atoms with E-state index < -0.39 is 0 Å². The molecule has 2 nitrogen and oxygen atoms in total. The predicted octanol–water partition coefficient (Wildman–Crippen LogP) is 0.696. The van der Waals surface area contributed by atoms with E-state index in [0.29, 0.717) is 0 Å². The molecule has 0 fully saturated rings. The summed E-state index contributed by atoms with van der Waals surface area (Å²) in [6, 6.07) is 2.86. The Kier molecular flexibility index (Phi) is 8.65. The van der Waals surface area contributed by atoms with Gasteiger partial charge in [-0.15, -0.1) is 5.69 Å². The van der Waals surface area contributed by atoms with Gasteiger partial charge in [0.1, 0.15) is 0 Å². The van der Waals surface area contributed by atoms with Crippen molar-refractivity contribution < 1.29 is 65.4 Å². The summed E-state index contributed by atoms with van der Waals surface area (Å²) in [5.74, 6) is 0. The van der Waals surface area contributed by atoms with E-state index >= 15 is 0 Å². The van der Waals surface area contributed by atoms with Crippen molar-refractivity contribution in [3.05, 3.63) is 24.4 Å². The number of aryl methyl sites for hydroxylation is 1. The molecule has 44 valence electrons. The predicted molar refractivity (Wildman–Crippen MR) is 26.6 cm³/mol. The van der Waals surface area contributed by atoms with Crippen LogP contribution in [0.2, 0.25) is 0 Å². The molecule has 0 unspecified atom stereocenters. The molecule has 0 saturated carbocycles. The molecule has 9 heavy (non-hydrogen) atoms. The number of aromatic nitrogens is 2. The maximum atomic E-state index is 3.77. The maximum Gasteiger partial charge on any atom is 0 e. The van der Waals surface area contributed by atoms with Crippen molar-refractivity contribution >= 4 is 0 Å². The Morgan fingerprint density at radius 1 is 1.56 bits per heavy atom. The van der Waals surface area contributed by atoms with E-state index in [4.69, 9.17) is 0 Å². The molecule has 1 aromatic heterocycles. The van der Waals surface area contributed by atoms with Crippen LogP contribution in [0.5, 0.6) is 0 Å². The molecule has 4 heteroatoms. The Balaban J connectivity index is 0. The second-order valence-electron chi connectivity index (χ2n) is 1.41. The zero-order valence-corrected chi connectivity index (χ0v) is 11.0. The van der Waals surface area contributed by atoms with Gasteiger partial charge in [-0.2, -0.15) is 0 Å².